The minimum atomic E-state index is -3.51. The lowest BCUT2D eigenvalue weighted by Crippen LogP contribution is -2.42. The van der Waals surface area contributed by atoms with Gasteiger partial charge in [0.2, 0.25) is 5.91 Å². The van der Waals surface area contributed by atoms with E-state index in [9.17, 15) is 18.0 Å². The van der Waals surface area contributed by atoms with Crippen LogP contribution in [0, 0.1) is 5.92 Å². The number of hydrogen-bond acceptors (Lipinski definition) is 5. The number of halogens is 1. The fourth-order valence-electron chi connectivity index (χ4n) is 3.49. The Bertz CT molecular complexity index is 1020. The summed E-state index contributed by atoms with van der Waals surface area (Å²) in [5, 5.41) is 2.80. The molecule has 30 heavy (non-hydrogen) atoms. The normalized spacial score (nSPS) is 15.1. The number of nitrogens with zero attached hydrogens (tertiary/aromatic N) is 2. The van der Waals surface area contributed by atoms with Gasteiger partial charge in [-0.15, -0.1) is 0 Å². The largest absolute Gasteiger partial charge is 0.339 e. The van der Waals surface area contributed by atoms with E-state index in [1.165, 1.54) is 6.07 Å². The van der Waals surface area contributed by atoms with E-state index >= 15 is 0 Å². The summed E-state index contributed by atoms with van der Waals surface area (Å²) in [5.41, 5.74) is 0.202. The highest BCUT2D eigenvalue weighted by Crippen LogP contribution is 2.24. The van der Waals surface area contributed by atoms with Crippen molar-refractivity contribution in [2.75, 3.05) is 24.2 Å². The zero-order chi connectivity index (χ0) is 21.7. The Morgan fingerprint density at radius 2 is 1.87 bits per heavy atom. The summed E-state index contributed by atoms with van der Waals surface area (Å²) >= 11 is 3.30. The first-order chi connectivity index (χ1) is 14.3. The van der Waals surface area contributed by atoms with Crippen LogP contribution in [0.1, 0.15) is 36.5 Å². The number of rotatable bonds is 6. The van der Waals surface area contributed by atoms with Gasteiger partial charge in [0.15, 0.2) is 9.84 Å². The summed E-state index contributed by atoms with van der Waals surface area (Å²) in [7, 11) is -3.51. The van der Waals surface area contributed by atoms with Crippen molar-refractivity contribution in [2.45, 2.75) is 31.1 Å². The summed E-state index contributed by atoms with van der Waals surface area (Å²) in [6.45, 7) is 2.58. The maximum Gasteiger partial charge on any atom is 0.255 e. The smallest absolute Gasteiger partial charge is 0.255 e. The van der Waals surface area contributed by atoms with E-state index in [4.69, 9.17) is 0 Å². The zero-order valence-corrected chi connectivity index (χ0v) is 19.1. The van der Waals surface area contributed by atoms with Crippen molar-refractivity contribution in [3.05, 3.63) is 52.6 Å². The van der Waals surface area contributed by atoms with Gasteiger partial charge in [-0.3, -0.25) is 9.59 Å². The van der Waals surface area contributed by atoms with E-state index in [-0.39, 0.29) is 33.9 Å². The Labute approximate surface area is 184 Å². The molecule has 0 bridgehead atoms. The van der Waals surface area contributed by atoms with E-state index in [2.05, 4.69) is 26.2 Å². The number of nitrogens with one attached hydrogen (secondary N) is 1. The quantitative estimate of drug-likeness (QED) is 0.663. The first-order valence-corrected chi connectivity index (χ1v) is 12.3. The van der Waals surface area contributed by atoms with Gasteiger partial charge < -0.3 is 10.2 Å². The first kappa shape index (κ1) is 22.4. The van der Waals surface area contributed by atoms with Gasteiger partial charge in [-0.2, -0.15) is 0 Å². The second-order valence-electron chi connectivity index (χ2n) is 7.23. The van der Waals surface area contributed by atoms with Crippen LogP contribution in [0.5, 0.6) is 0 Å². The third-order valence-corrected chi connectivity index (χ3v) is 7.50. The molecule has 1 aliphatic rings. The van der Waals surface area contributed by atoms with Gasteiger partial charge in [0.05, 0.1) is 16.2 Å². The van der Waals surface area contributed by atoms with Gasteiger partial charge >= 0.3 is 0 Å². The topological polar surface area (TPSA) is 96.4 Å². The number of anilines is 1. The molecule has 1 aromatic heterocycles. The van der Waals surface area contributed by atoms with Crippen molar-refractivity contribution >= 4 is 43.4 Å². The highest BCUT2D eigenvalue weighted by molar-refractivity contribution is 9.10. The van der Waals surface area contributed by atoms with Gasteiger partial charge in [0.1, 0.15) is 5.82 Å². The van der Waals surface area contributed by atoms with Gasteiger partial charge in [0, 0.05) is 29.7 Å². The predicted molar refractivity (Wildman–Crippen MR) is 118 cm³/mol. The lowest BCUT2D eigenvalue weighted by Gasteiger charge is -2.31. The van der Waals surface area contributed by atoms with Crippen LogP contribution < -0.4 is 5.32 Å². The minimum Gasteiger partial charge on any atom is -0.339 e. The fourth-order valence-corrected chi connectivity index (χ4v) is 5.25. The number of benzene rings is 1. The van der Waals surface area contributed by atoms with Gasteiger partial charge in [0.25, 0.3) is 5.91 Å². The summed E-state index contributed by atoms with van der Waals surface area (Å²) in [4.78, 5) is 31.4. The number of carbonyl (C=O) groups is 2. The van der Waals surface area contributed by atoms with Crippen LogP contribution in [-0.2, 0) is 14.6 Å². The molecule has 1 aliphatic heterocycles. The van der Waals surface area contributed by atoms with E-state index < -0.39 is 9.84 Å². The van der Waals surface area contributed by atoms with Crippen LogP contribution in [0.4, 0.5) is 5.82 Å². The molecule has 2 heterocycles. The van der Waals surface area contributed by atoms with E-state index in [0.717, 1.165) is 4.47 Å². The van der Waals surface area contributed by atoms with Crippen LogP contribution in [0.2, 0.25) is 0 Å². The van der Waals surface area contributed by atoms with Crippen LogP contribution in [0.3, 0.4) is 0 Å². The molecule has 9 heteroatoms. The second-order valence-corrected chi connectivity index (χ2v) is 10.2. The highest BCUT2D eigenvalue weighted by Gasteiger charge is 2.30. The molecule has 7 nitrogen and oxygen atoms in total. The molecule has 0 saturated carbocycles. The molecule has 1 saturated heterocycles. The van der Waals surface area contributed by atoms with E-state index in [0.29, 0.717) is 38.2 Å². The van der Waals surface area contributed by atoms with Crippen LogP contribution >= 0.6 is 15.9 Å². The molecule has 1 N–H and O–H groups in total. The van der Waals surface area contributed by atoms with Crippen molar-refractivity contribution < 1.29 is 18.0 Å². The summed E-state index contributed by atoms with van der Waals surface area (Å²) in [6.07, 6.45) is 3.12. The molecule has 1 aromatic carbocycles. The van der Waals surface area contributed by atoms with E-state index in [1.54, 1.807) is 48.4 Å². The summed E-state index contributed by atoms with van der Waals surface area (Å²) in [5.74, 6) is -0.166. The molecule has 3 rings (SSSR count). The maximum atomic E-state index is 13.0. The Morgan fingerprint density at radius 3 is 2.50 bits per heavy atom. The predicted octanol–water partition coefficient (Wildman–Crippen LogP) is 3.52. The Kier molecular flexibility index (Phi) is 7.25. The van der Waals surface area contributed by atoms with Gasteiger partial charge in [-0.25, -0.2) is 13.4 Å². The average Bonchev–Trinajstić information content (AvgIpc) is 2.75. The lowest BCUT2D eigenvalue weighted by molar-refractivity contribution is -0.121. The van der Waals surface area contributed by atoms with Crippen molar-refractivity contribution in [3.63, 3.8) is 0 Å². The number of carbonyl (C=O) groups excluding carboxylic acids is 2. The number of sulfone groups is 1. The van der Waals surface area contributed by atoms with Gasteiger partial charge in [-0.05, 0) is 59.5 Å². The fraction of sp³-hybridized carbons (Fsp3) is 0.381. The molecule has 0 atom stereocenters. The van der Waals surface area contributed by atoms with Crippen molar-refractivity contribution in [2.24, 2.45) is 5.92 Å². The maximum absolute atomic E-state index is 13.0. The van der Waals surface area contributed by atoms with Crippen molar-refractivity contribution in [1.82, 2.24) is 9.88 Å². The molecule has 2 aromatic rings. The molecule has 0 aliphatic carbocycles. The number of hydrogen-bond donors (Lipinski definition) is 1. The minimum absolute atomic E-state index is 0.00360. The SMILES string of the molecule is CCCS(=O)(=O)c1ccccc1C(=O)N1CCC(C(=O)Nc2ccc(Br)cn2)CC1. The Morgan fingerprint density at radius 1 is 1.17 bits per heavy atom. The number of amides is 2. The number of pyridine rings is 1. The third-order valence-electron chi connectivity index (χ3n) is 5.06. The third kappa shape index (κ3) is 5.26. The van der Waals surface area contributed by atoms with Crippen molar-refractivity contribution in [3.8, 4) is 0 Å². The first-order valence-electron chi connectivity index (χ1n) is 9.85. The van der Waals surface area contributed by atoms with E-state index in [1.807, 2.05) is 0 Å². The van der Waals surface area contributed by atoms with Gasteiger partial charge in [-0.1, -0.05) is 19.1 Å². The molecule has 2 amide bonds. The molecular weight excluding hydrogens is 470 g/mol. The summed E-state index contributed by atoms with van der Waals surface area (Å²) in [6, 6.07) is 9.87. The highest BCUT2D eigenvalue weighted by atomic mass is 79.9. The Balaban J connectivity index is 1.65. The average molecular weight is 494 g/mol. The number of aromatic nitrogens is 1. The van der Waals surface area contributed by atoms with Crippen LogP contribution in [-0.4, -0.2) is 49.0 Å². The molecule has 0 unspecified atom stereocenters. The lowest BCUT2D eigenvalue weighted by atomic mass is 9.95. The molecule has 160 valence electrons. The zero-order valence-electron chi connectivity index (χ0n) is 16.7. The standard InChI is InChI=1S/C21H24BrN3O4S/c1-2-13-30(28,29)18-6-4-3-5-17(18)21(27)25-11-9-15(10-12-25)20(26)24-19-8-7-16(22)14-23-19/h3-8,14-15H,2,9-13H2,1H3,(H,23,24,26). The number of likely N-dealkylation sites (tertiary alicyclic amines) is 1. The molecule has 0 radical (unpaired) electrons. The monoisotopic (exact) mass is 493 g/mol. The second kappa shape index (κ2) is 9.70. The van der Waals surface area contributed by atoms with Crippen LogP contribution in [0.25, 0.3) is 0 Å². The molecule has 1 fully saturated rings. The Hall–Kier alpha value is -2.26. The molecule has 0 spiro atoms. The molecular formula is C21H24BrN3O4S. The number of piperidine rings is 1. The van der Waals surface area contributed by atoms with Crippen LogP contribution in [0.15, 0.2) is 52.0 Å². The summed E-state index contributed by atoms with van der Waals surface area (Å²) < 4.78 is 25.9. The van der Waals surface area contributed by atoms with Crippen molar-refractivity contribution in [1.29, 1.82) is 0 Å².